The van der Waals surface area contributed by atoms with Gasteiger partial charge < -0.3 is 38.9 Å². The highest BCUT2D eigenvalue weighted by Gasteiger charge is 1.90. The van der Waals surface area contributed by atoms with E-state index in [1.807, 2.05) is 34.7 Å². The lowest BCUT2D eigenvalue weighted by molar-refractivity contribution is 0.335. The van der Waals surface area contributed by atoms with Crippen molar-refractivity contribution < 1.29 is 0 Å². The molecule has 0 rings (SSSR count). The number of unbranched alkanes of at least 4 members (excludes halogenated alkanes) is 1. The zero-order valence-corrected chi connectivity index (χ0v) is 23.3. The van der Waals surface area contributed by atoms with Crippen molar-refractivity contribution in [2.24, 2.45) is 28.7 Å². The Kier molecular flexibility index (Phi) is 57.0. The molecule has 0 radical (unpaired) electrons. The van der Waals surface area contributed by atoms with E-state index in [1.54, 1.807) is 0 Å². The van der Waals surface area contributed by atoms with E-state index in [1.165, 1.54) is 19.3 Å². The molecule has 0 bridgehead atoms. The minimum absolute atomic E-state index is 0.162. The summed E-state index contributed by atoms with van der Waals surface area (Å²) in [6.45, 7) is 21.8. The molecule has 0 aliphatic rings. The van der Waals surface area contributed by atoms with E-state index in [-0.39, 0.29) is 6.04 Å². The molecule has 0 aromatic rings. The van der Waals surface area contributed by atoms with Crippen LogP contribution in [-0.4, -0.2) is 69.3 Å². The zero-order chi connectivity index (χ0) is 25.7. The molecule has 0 saturated heterocycles. The summed E-state index contributed by atoms with van der Waals surface area (Å²) in [5, 5.41) is 3.03. The molecular weight excluding hydrogens is 374 g/mol. The fraction of sp³-hybridized carbons (Fsp3) is 1.00. The highest BCUT2D eigenvalue weighted by atomic mass is 15.1. The molecule has 0 aliphatic carbocycles. The van der Waals surface area contributed by atoms with Crippen LogP contribution in [0.5, 0.6) is 0 Å². The van der Waals surface area contributed by atoms with Gasteiger partial charge in [-0.2, -0.15) is 0 Å². The molecule has 0 aromatic heterocycles. The topological polar surface area (TPSA) is 145 Å². The fourth-order valence-electron chi connectivity index (χ4n) is 0.526. The number of rotatable bonds is 6. The van der Waals surface area contributed by atoms with E-state index in [9.17, 15) is 0 Å². The zero-order valence-electron chi connectivity index (χ0n) is 23.3. The van der Waals surface area contributed by atoms with Crippen molar-refractivity contribution in [1.82, 2.24) is 10.2 Å². The van der Waals surface area contributed by atoms with Crippen molar-refractivity contribution in [3.8, 4) is 0 Å². The third kappa shape index (κ3) is 144. The van der Waals surface area contributed by atoms with Crippen molar-refractivity contribution in [3.63, 3.8) is 0 Å². The van der Waals surface area contributed by atoms with Gasteiger partial charge in [0.25, 0.3) is 0 Å². The minimum Gasteiger partial charge on any atom is -0.331 e. The van der Waals surface area contributed by atoms with Gasteiger partial charge in [0.1, 0.15) is 0 Å². The van der Waals surface area contributed by atoms with Gasteiger partial charge in [0.05, 0.1) is 0 Å². The van der Waals surface area contributed by atoms with E-state index >= 15 is 0 Å². The second-order valence-corrected chi connectivity index (χ2v) is 8.49. The van der Waals surface area contributed by atoms with Gasteiger partial charge in [-0.3, -0.25) is 0 Å². The van der Waals surface area contributed by atoms with Crippen molar-refractivity contribution >= 4 is 0 Å². The summed E-state index contributed by atoms with van der Waals surface area (Å²) in [5.74, 6) is 0. The Hall–Kier alpha value is -0.280. The number of hydrogen-bond donors (Lipinski definition) is 6. The normalized spacial score (nSPS) is 11.4. The summed E-state index contributed by atoms with van der Waals surface area (Å²) >= 11 is 0. The van der Waals surface area contributed by atoms with Crippen LogP contribution in [0, 0.1) is 0 Å². The standard InChI is InChI=1S/C6H15N.C5H13N.C4H11N.C3H10N2.C3H9N.C2H7N/c1-3-4-5-6(2)7;1-5(2)6(3)4;1-4(2)5-3;1-3(5)2-4;1-3(2)4;1-2-3/h6H,3-5,7H2,1-2H3;5H,1-4H3;4-5H,1-3H3;3H,2,4-5H2,1H3;3H,4H2,1-2H3;2-3H2,1H3. The lowest BCUT2D eigenvalue weighted by atomic mass is 10.2. The Labute approximate surface area is 192 Å². The minimum atomic E-state index is 0.162. The van der Waals surface area contributed by atoms with E-state index < -0.39 is 0 Å². The summed E-state index contributed by atoms with van der Waals surface area (Å²) in [7, 11) is 6.10. The first-order valence-corrected chi connectivity index (χ1v) is 11.6. The molecule has 0 saturated carbocycles. The molecule has 0 heterocycles. The SMILES string of the molecule is CC(C)N.CC(C)N(C)C.CC(N)CN.CCCCC(C)N.CCN.CNC(C)C. The molecular formula is C23H65N7. The first kappa shape index (κ1) is 43.6. The molecule has 0 amide bonds. The maximum Gasteiger partial charge on any atom is 0.0134 e. The third-order valence-corrected chi connectivity index (χ3v) is 2.99. The number of nitrogens with zero attached hydrogens (tertiary/aromatic N) is 1. The maximum atomic E-state index is 5.48. The summed E-state index contributed by atoms with van der Waals surface area (Å²) in [6, 6.07) is 2.22. The first-order chi connectivity index (χ1) is 13.6. The predicted octanol–water partition coefficient (Wildman–Crippen LogP) is 2.71. The summed E-state index contributed by atoms with van der Waals surface area (Å²) < 4.78 is 0. The van der Waals surface area contributed by atoms with Gasteiger partial charge in [-0.05, 0) is 67.8 Å². The largest absolute Gasteiger partial charge is 0.331 e. The van der Waals surface area contributed by atoms with Crippen LogP contribution >= 0.6 is 0 Å². The summed E-state index contributed by atoms with van der Waals surface area (Å²) in [4.78, 5) is 2.17. The Morgan fingerprint density at radius 3 is 1.03 bits per heavy atom. The van der Waals surface area contributed by atoms with Crippen LogP contribution in [0.2, 0.25) is 0 Å². The molecule has 0 spiro atoms. The average Bonchev–Trinajstić information content (AvgIpc) is 2.61. The fourth-order valence-corrected chi connectivity index (χ4v) is 0.526. The van der Waals surface area contributed by atoms with Crippen molar-refractivity contribution in [3.05, 3.63) is 0 Å². The first-order valence-electron chi connectivity index (χ1n) is 11.6. The highest BCUT2D eigenvalue weighted by Crippen LogP contribution is 1.95. The second kappa shape index (κ2) is 39.2. The molecule has 7 nitrogen and oxygen atoms in total. The van der Waals surface area contributed by atoms with Crippen LogP contribution in [-0.2, 0) is 0 Å². The predicted molar refractivity (Wildman–Crippen MR) is 143 cm³/mol. The van der Waals surface area contributed by atoms with Gasteiger partial charge in [0, 0.05) is 30.7 Å². The average molecular weight is 440 g/mol. The van der Waals surface area contributed by atoms with Gasteiger partial charge in [0.15, 0.2) is 0 Å². The van der Waals surface area contributed by atoms with Gasteiger partial charge in [0.2, 0.25) is 0 Å². The highest BCUT2D eigenvalue weighted by molar-refractivity contribution is 4.50. The van der Waals surface area contributed by atoms with Crippen molar-refractivity contribution in [2.75, 3.05) is 34.2 Å². The molecule has 11 N–H and O–H groups in total. The monoisotopic (exact) mass is 440 g/mol. The Balaban J connectivity index is -0.0000000587. The Morgan fingerprint density at radius 1 is 0.767 bits per heavy atom. The molecule has 2 atom stereocenters. The van der Waals surface area contributed by atoms with Gasteiger partial charge in [-0.15, -0.1) is 0 Å². The molecule has 0 aliphatic heterocycles. The number of nitrogens with two attached hydrogens (primary N) is 5. The Bertz CT molecular complexity index is 215. The lowest BCUT2D eigenvalue weighted by Crippen LogP contribution is -2.25. The van der Waals surface area contributed by atoms with Crippen LogP contribution in [0.1, 0.15) is 88.5 Å². The molecule has 30 heavy (non-hydrogen) atoms. The Morgan fingerprint density at radius 2 is 1.00 bits per heavy atom. The second-order valence-electron chi connectivity index (χ2n) is 8.49. The van der Waals surface area contributed by atoms with Crippen LogP contribution in [0.4, 0.5) is 0 Å². The molecule has 7 heteroatoms. The third-order valence-electron chi connectivity index (χ3n) is 2.99. The molecule has 192 valence electrons. The molecule has 2 unspecified atom stereocenters. The van der Waals surface area contributed by atoms with Crippen LogP contribution in [0.15, 0.2) is 0 Å². The van der Waals surface area contributed by atoms with Crippen molar-refractivity contribution in [1.29, 1.82) is 0 Å². The van der Waals surface area contributed by atoms with E-state index in [2.05, 4.69) is 65.9 Å². The van der Waals surface area contributed by atoms with Crippen LogP contribution in [0.3, 0.4) is 0 Å². The number of hydrogen-bond acceptors (Lipinski definition) is 7. The summed E-state index contributed by atoms with van der Waals surface area (Å²) in [5.41, 5.74) is 25.6. The maximum absolute atomic E-state index is 5.48. The van der Waals surface area contributed by atoms with E-state index in [0.717, 1.165) is 6.54 Å². The molecule has 0 aromatic carbocycles. The van der Waals surface area contributed by atoms with Gasteiger partial charge >= 0.3 is 0 Å². The van der Waals surface area contributed by atoms with Gasteiger partial charge in [-0.25, -0.2) is 0 Å². The van der Waals surface area contributed by atoms with E-state index in [0.29, 0.717) is 30.7 Å². The smallest absolute Gasteiger partial charge is 0.0134 e. The summed E-state index contributed by atoms with van der Waals surface area (Å²) in [6.07, 6.45) is 3.72. The quantitative estimate of drug-likeness (QED) is 0.373. The lowest BCUT2D eigenvalue weighted by Gasteiger charge is -2.12. The van der Waals surface area contributed by atoms with Crippen LogP contribution < -0.4 is 34.0 Å². The van der Waals surface area contributed by atoms with Crippen molar-refractivity contribution in [2.45, 2.75) is 119 Å². The molecule has 0 fully saturated rings. The van der Waals surface area contributed by atoms with Gasteiger partial charge in [-0.1, -0.05) is 54.4 Å². The van der Waals surface area contributed by atoms with E-state index in [4.69, 9.17) is 28.7 Å². The number of nitrogens with one attached hydrogen (secondary N) is 1. The van der Waals surface area contributed by atoms with Crippen LogP contribution in [0.25, 0.3) is 0 Å².